The van der Waals surface area contributed by atoms with E-state index in [1.807, 2.05) is 6.92 Å². The van der Waals surface area contributed by atoms with Gasteiger partial charge in [0, 0.05) is 0 Å². The first-order chi connectivity index (χ1) is 9.72. The summed E-state index contributed by atoms with van der Waals surface area (Å²) in [7, 11) is 0. The summed E-state index contributed by atoms with van der Waals surface area (Å²) in [6.07, 6.45) is 0. The van der Waals surface area contributed by atoms with Crippen LogP contribution in [0.5, 0.6) is 0 Å². The lowest BCUT2D eigenvalue weighted by Crippen LogP contribution is -2.19. The summed E-state index contributed by atoms with van der Waals surface area (Å²) in [5.41, 5.74) is 2.38. The van der Waals surface area contributed by atoms with Crippen molar-refractivity contribution in [2.45, 2.75) is 47.0 Å². The molecule has 1 aromatic rings. The van der Waals surface area contributed by atoms with Crippen molar-refractivity contribution in [2.75, 3.05) is 13.2 Å². The van der Waals surface area contributed by atoms with E-state index in [4.69, 9.17) is 9.47 Å². The van der Waals surface area contributed by atoms with Crippen LogP contribution in [-0.2, 0) is 14.9 Å². The predicted octanol–water partition coefficient (Wildman–Crippen LogP) is 3.65. The maximum absolute atomic E-state index is 12.1. The Balaban J connectivity index is 3.46. The van der Waals surface area contributed by atoms with Gasteiger partial charge < -0.3 is 9.47 Å². The summed E-state index contributed by atoms with van der Waals surface area (Å²) in [5.74, 6) is -0.991. The normalized spacial score (nSPS) is 11.1. The first-order valence-electron chi connectivity index (χ1n) is 7.21. The summed E-state index contributed by atoms with van der Waals surface area (Å²) in [4.78, 5) is 24.2. The minimum absolute atomic E-state index is 0.126. The molecule has 0 amide bonds. The molecule has 0 saturated carbocycles. The van der Waals surface area contributed by atoms with E-state index < -0.39 is 11.9 Å². The standard InChI is InChI=1S/C17H24O4/c1-7-20-15(18)12-9-11(3)14(17(4,5)6)10-13(12)16(19)21-8-2/h9-10H,7-8H2,1-6H3. The fourth-order valence-electron chi connectivity index (χ4n) is 2.27. The highest BCUT2D eigenvalue weighted by Crippen LogP contribution is 2.29. The number of benzene rings is 1. The number of hydrogen-bond acceptors (Lipinski definition) is 4. The van der Waals surface area contributed by atoms with Crippen LogP contribution in [0.15, 0.2) is 12.1 Å². The van der Waals surface area contributed by atoms with Gasteiger partial charge >= 0.3 is 11.9 Å². The monoisotopic (exact) mass is 292 g/mol. The van der Waals surface area contributed by atoms with Crippen molar-refractivity contribution >= 4 is 11.9 Å². The topological polar surface area (TPSA) is 52.6 Å². The molecule has 0 bridgehead atoms. The molecule has 0 fully saturated rings. The van der Waals surface area contributed by atoms with Gasteiger partial charge in [0.25, 0.3) is 0 Å². The van der Waals surface area contributed by atoms with Crippen LogP contribution in [0.25, 0.3) is 0 Å². The van der Waals surface area contributed by atoms with Crippen LogP contribution < -0.4 is 0 Å². The minimum Gasteiger partial charge on any atom is -0.462 e. The molecule has 0 aliphatic heterocycles. The van der Waals surface area contributed by atoms with Gasteiger partial charge in [-0.05, 0) is 49.4 Å². The number of carbonyl (C=O) groups excluding carboxylic acids is 2. The van der Waals surface area contributed by atoms with E-state index in [9.17, 15) is 9.59 Å². The van der Waals surface area contributed by atoms with Crippen molar-refractivity contribution < 1.29 is 19.1 Å². The van der Waals surface area contributed by atoms with Gasteiger partial charge in [-0.15, -0.1) is 0 Å². The summed E-state index contributed by atoms with van der Waals surface area (Å²) >= 11 is 0. The zero-order chi connectivity index (χ0) is 16.2. The third-order valence-corrected chi connectivity index (χ3v) is 3.16. The molecule has 0 aliphatic carbocycles. The summed E-state index contributed by atoms with van der Waals surface area (Å²) in [5, 5.41) is 0. The van der Waals surface area contributed by atoms with Gasteiger partial charge in [0.15, 0.2) is 0 Å². The van der Waals surface area contributed by atoms with Crippen molar-refractivity contribution in [3.05, 3.63) is 34.4 Å². The second-order valence-electron chi connectivity index (χ2n) is 5.90. The van der Waals surface area contributed by atoms with E-state index in [1.54, 1.807) is 26.0 Å². The molecule has 0 radical (unpaired) electrons. The Morgan fingerprint density at radius 2 is 1.38 bits per heavy atom. The Kier molecular flexibility index (Phi) is 5.53. The van der Waals surface area contributed by atoms with Crippen LogP contribution in [0.4, 0.5) is 0 Å². The van der Waals surface area contributed by atoms with Crippen LogP contribution in [0.3, 0.4) is 0 Å². The van der Waals surface area contributed by atoms with Gasteiger partial charge in [0.1, 0.15) is 0 Å². The van der Waals surface area contributed by atoms with Gasteiger partial charge in [0.2, 0.25) is 0 Å². The van der Waals surface area contributed by atoms with Crippen LogP contribution in [-0.4, -0.2) is 25.2 Å². The Labute approximate surface area is 126 Å². The zero-order valence-electron chi connectivity index (χ0n) is 13.7. The summed E-state index contributed by atoms with van der Waals surface area (Å²) in [6.45, 7) is 12.1. The van der Waals surface area contributed by atoms with Gasteiger partial charge in [-0.3, -0.25) is 0 Å². The largest absolute Gasteiger partial charge is 0.462 e. The van der Waals surface area contributed by atoms with Crippen molar-refractivity contribution in [3.63, 3.8) is 0 Å². The summed E-state index contributed by atoms with van der Waals surface area (Å²) in [6, 6.07) is 3.46. The maximum Gasteiger partial charge on any atom is 0.339 e. The second kappa shape index (κ2) is 6.74. The highest BCUT2D eigenvalue weighted by molar-refractivity contribution is 6.03. The van der Waals surface area contributed by atoms with Crippen molar-refractivity contribution in [2.24, 2.45) is 0 Å². The molecule has 0 heterocycles. The van der Waals surface area contributed by atoms with Crippen molar-refractivity contribution in [1.82, 2.24) is 0 Å². The molecule has 0 unspecified atom stereocenters. The quantitative estimate of drug-likeness (QED) is 0.795. The predicted molar refractivity (Wildman–Crippen MR) is 81.8 cm³/mol. The Morgan fingerprint density at radius 3 is 1.76 bits per heavy atom. The van der Waals surface area contributed by atoms with Gasteiger partial charge in [-0.25, -0.2) is 9.59 Å². The molecular formula is C17H24O4. The lowest BCUT2D eigenvalue weighted by molar-refractivity contribution is 0.0478. The molecule has 1 aromatic carbocycles. The molecule has 1 rings (SSSR count). The van der Waals surface area contributed by atoms with Gasteiger partial charge in [-0.2, -0.15) is 0 Å². The number of aryl methyl sites for hydroxylation is 1. The number of hydrogen-bond donors (Lipinski definition) is 0. The maximum atomic E-state index is 12.1. The lowest BCUT2D eigenvalue weighted by Gasteiger charge is -2.23. The van der Waals surface area contributed by atoms with E-state index >= 15 is 0 Å². The lowest BCUT2D eigenvalue weighted by atomic mass is 9.82. The first kappa shape index (κ1) is 17.2. The third-order valence-electron chi connectivity index (χ3n) is 3.16. The van der Waals surface area contributed by atoms with Crippen molar-refractivity contribution in [3.8, 4) is 0 Å². The number of ether oxygens (including phenoxy) is 2. The number of carbonyl (C=O) groups is 2. The summed E-state index contributed by atoms with van der Waals surface area (Å²) < 4.78 is 10.1. The van der Waals surface area contributed by atoms with E-state index in [0.29, 0.717) is 0 Å². The molecule has 0 aromatic heterocycles. The average Bonchev–Trinajstić information content (AvgIpc) is 2.37. The molecule has 21 heavy (non-hydrogen) atoms. The van der Waals surface area contributed by atoms with Crippen molar-refractivity contribution in [1.29, 1.82) is 0 Å². The minimum atomic E-state index is -0.496. The van der Waals surface area contributed by atoms with E-state index in [1.165, 1.54) is 0 Å². The van der Waals surface area contributed by atoms with Gasteiger partial charge in [-0.1, -0.05) is 20.8 Å². The zero-order valence-corrected chi connectivity index (χ0v) is 13.7. The Morgan fingerprint density at radius 1 is 0.952 bits per heavy atom. The average molecular weight is 292 g/mol. The van der Waals surface area contributed by atoms with Crippen LogP contribution in [0.1, 0.15) is 66.5 Å². The third kappa shape index (κ3) is 4.06. The fraction of sp³-hybridized carbons (Fsp3) is 0.529. The molecule has 0 N–H and O–H groups in total. The molecular weight excluding hydrogens is 268 g/mol. The molecule has 0 aliphatic rings. The molecule has 0 saturated heterocycles. The second-order valence-corrected chi connectivity index (χ2v) is 5.90. The molecule has 4 nitrogen and oxygen atoms in total. The number of rotatable bonds is 4. The molecule has 0 atom stereocenters. The van der Waals surface area contributed by atoms with E-state index in [-0.39, 0.29) is 29.8 Å². The fourth-order valence-corrected chi connectivity index (χ4v) is 2.27. The SMILES string of the molecule is CCOC(=O)c1cc(C)c(C(C)(C)C)cc1C(=O)OCC. The molecule has 116 valence electrons. The van der Waals surface area contributed by atoms with E-state index in [2.05, 4.69) is 20.8 Å². The van der Waals surface area contributed by atoms with Crippen LogP contribution >= 0.6 is 0 Å². The van der Waals surface area contributed by atoms with E-state index in [0.717, 1.165) is 11.1 Å². The highest BCUT2D eigenvalue weighted by atomic mass is 16.5. The smallest absolute Gasteiger partial charge is 0.339 e. The highest BCUT2D eigenvalue weighted by Gasteiger charge is 2.25. The van der Waals surface area contributed by atoms with Crippen LogP contribution in [0, 0.1) is 6.92 Å². The Hall–Kier alpha value is -1.84. The molecule has 0 spiro atoms. The first-order valence-corrected chi connectivity index (χ1v) is 7.21. The Bertz CT molecular complexity index is 538. The number of esters is 2. The molecule has 4 heteroatoms. The van der Waals surface area contributed by atoms with Crippen LogP contribution in [0.2, 0.25) is 0 Å². The van der Waals surface area contributed by atoms with Gasteiger partial charge in [0.05, 0.1) is 24.3 Å².